The Hall–Kier alpha value is -2.58. The number of benzene rings is 1. The number of aromatic nitrogens is 3. The van der Waals surface area contributed by atoms with Crippen molar-refractivity contribution in [2.75, 3.05) is 32.1 Å². The van der Waals surface area contributed by atoms with E-state index in [1.807, 2.05) is 46.7 Å². The molecule has 140 valence electrons. The third-order valence-corrected chi connectivity index (χ3v) is 5.24. The number of ether oxygens (including phenoxy) is 1. The van der Waals surface area contributed by atoms with Crippen LogP contribution < -0.4 is 0 Å². The predicted molar refractivity (Wildman–Crippen MR) is 102 cm³/mol. The van der Waals surface area contributed by atoms with Gasteiger partial charge in [-0.1, -0.05) is 23.9 Å². The van der Waals surface area contributed by atoms with Gasteiger partial charge in [0.05, 0.1) is 30.9 Å². The molecule has 0 bridgehead atoms. The highest BCUT2D eigenvalue weighted by molar-refractivity contribution is 7.99. The first-order valence-electron chi connectivity index (χ1n) is 8.77. The fourth-order valence-electron chi connectivity index (χ4n) is 2.96. The number of furan rings is 1. The fourth-order valence-corrected chi connectivity index (χ4v) is 3.81. The highest BCUT2D eigenvalue weighted by Gasteiger charge is 2.21. The Labute approximate surface area is 161 Å². The number of morpholine rings is 1. The van der Waals surface area contributed by atoms with E-state index in [4.69, 9.17) is 9.15 Å². The minimum absolute atomic E-state index is 0.0849. The van der Waals surface area contributed by atoms with Gasteiger partial charge in [-0.2, -0.15) is 0 Å². The summed E-state index contributed by atoms with van der Waals surface area (Å²) in [5.41, 5.74) is 2.07. The first-order valence-corrected chi connectivity index (χ1v) is 9.75. The van der Waals surface area contributed by atoms with Gasteiger partial charge in [0.15, 0.2) is 10.9 Å². The SMILES string of the molecule is Cc1cccc(-n2c(SCC(=O)N3CCOCC3)nnc2-c2ccco2)c1. The Morgan fingerprint density at radius 2 is 2.04 bits per heavy atom. The first-order chi connectivity index (χ1) is 13.2. The van der Waals surface area contributed by atoms with Crippen molar-refractivity contribution in [1.82, 2.24) is 19.7 Å². The second kappa shape index (κ2) is 7.98. The Balaban J connectivity index is 1.61. The number of amides is 1. The molecule has 27 heavy (non-hydrogen) atoms. The molecular weight excluding hydrogens is 364 g/mol. The zero-order chi connectivity index (χ0) is 18.6. The van der Waals surface area contributed by atoms with Crippen LogP contribution in [0.25, 0.3) is 17.3 Å². The highest BCUT2D eigenvalue weighted by atomic mass is 32.2. The molecule has 0 atom stereocenters. The molecule has 1 fully saturated rings. The molecule has 0 unspecified atom stereocenters. The van der Waals surface area contributed by atoms with Gasteiger partial charge in [-0.05, 0) is 36.8 Å². The summed E-state index contributed by atoms with van der Waals surface area (Å²) >= 11 is 1.38. The Morgan fingerprint density at radius 1 is 1.19 bits per heavy atom. The molecule has 1 aliphatic heterocycles. The average molecular weight is 384 g/mol. The standard InChI is InChI=1S/C19H20N4O3S/c1-14-4-2-5-15(12-14)23-18(16-6-3-9-26-16)20-21-19(23)27-13-17(24)22-7-10-25-11-8-22/h2-6,9,12H,7-8,10-11,13H2,1H3. The first kappa shape index (κ1) is 17.8. The van der Waals surface area contributed by atoms with Gasteiger partial charge in [0, 0.05) is 13.1 Å². The number of hydrogen-bond acceptors (Lipinski definition) is 6. The zero-order valence-corrected chi connectivity index (χ0v) is 15.8. The van der Waals surface area contributed by atoms with Gasteiger partial charge in [-0.3, -0.25) is 9.36 Å². The van der Waals surface area contributed by atoms with Crippen LogP contribution in [-0.4, -0.2) is 57.6 Å². The summed E-state index contributed by atoms with van der Waals surface area (Å²) < 4.78 is 12.8. The molecule has 1 saturated heterocycles. The van der Waals surface area contributed by atoms with E-state index in [2.05, 4.69) is 16.3 Å². The van der Waals surface area contributed by atoms with Crippen LogP contribution >= 0.6 is 11.8 Å². The van der Waals surface area contributed by atoms with E-state index >= 15 is 0 Å². The van der Waals surface area contributed by atoms with Crippen LogP contribution in [0.4, 0.5) is 0 Å². The summed E-state index contributed by atoms with van der Waals surface area (Å²) in [5.74, 6) is 1.64. The van der Waals surface area contributed by atoms with Gasteiger partial charge < -0.3 is 14.1 Å². The van der Waals surface area contributed by atoms with E-state index in [1.54, 1.807) is 6.26 Å². The molecule has 0 radical (unpaired) electrons. The largest absolute Gasteiger partial charge is 0.461 e. The summed E-state index contributed by atoms with van der Waals surface area (Å²) in [6.07, 6.45) is 1.61. The zero-order valence-electron chi connectivity index (χ0n) is 15.0. The summed E-state index contributed by atoms with van der Waals surface area (Å²) in [5, 5.41) is 9.29. The van der Waals surface area contributed by atoms with Crippen molar-refractivity contribution in [3.05, 3.63) is 48.2 Å². The van der Waals surface area contributed by atoms with Crippen molar-refractivity contribution in [1.29, 1.82) is 0 Å². The smallest absolute Gasteiger partial charge is 0.233 e. The molecule has 1 aromatic carbocycles. The molecule has 0 spiro atoms. The number of carbonyl (C=O) groups excluding carboxylic acids is 1. The van der Waals surface area contributed by atoms with Crippen LogP contribution in [0, 0.1) is 6.92 Å². The molecule has 3 heterocycles. The van der Waals surface area contributed by atoms with Gasteiger partial charge in [0.1, 0.15) is 0 Å². The van der Waals surface area contributed by atoms with Crippen LogP contribution in [0.2, 0.25) is 0 Å². The van der Waals surface area contributed by atoms with Gasteiger partial charge >= 0.3 is 0 Å². The Kier molecular flexibility index (Phi) is 5.26. The normalized spacial score (nSPS) is 14.5. The van der Waals surface area contributed by atoms with E-state index in [-0.39, 0.29) is 5.91 Å². The molecule has 0 aliphatic carbocycles. The summed E-state index contributed by atoms with van der Waals surface area (Å²) in [6, 6.07) is 11.8. The lowest BCUT2D eigenvalue weighted by atomic mass is 10.2. The van der Waals surface area contributed by atoms with Crippen molar-refractivity contribution < 1.29 is 13.9 Å². The van der Waals surface area contributed by atoms with Gasteiger partial charge in [-0.25, -0.2) is 0 Å². The minimum Gasteiger partial charge on any atom is -0.461 e. The summed E-state index contributed by atoms with van der Waals surface area (Å²) in [4.78, 5) is 14.3. The van der Waals surface area contributed by atoms with Crippen molar-refractivity contribution in [2.24, 2.45) is 0 Å². The second-order valence-electron chi connectivity index (χ2n) is 6.24. The maximum atomic E-state index is 12.5. The van der Waals surface area contributed by atoms with E-state index < -0.39 is 0 Å². The van der Waals surface area contributed by atoms with Gasteiger partial charge in [-0.15, -0.1) is 10.2 Å². The molecule has 4 rings (SSSR count). The maximum absolute atomic E-state index is 12.5. The second-order valence-corrected chi connectivity index (χ2v) is 7.18. The lowest BCUT2D eigenvalue weighted by Crippen LogP contribution is -2.41. The topological polar surface area (TPSA) is 73.4 Å². The quantitative estimate of drug-likeness (QED) is 0.630. The fraction of sp³-hybridized carbons (Fsp3) is 0.316. The predicted octanol–water partition coefficient (Wildman–Crippen LogP) is 2.79. The van der Waals surface area contributed by atoms with Crippen LogP contribution in [-0.2, 0) is 9.53 Å². The van der Waals surface area contributed by atoms with Crippen molar-refractivity contribution in [3.8, 4) is 17.3 Å². The van der Waals surface area contributed by atoms with Crippen LogP contribution in [0.5, 0.6) is 0 Å². The lowest BCUT2D eigenvalue weighted by Gasteiger charge is -2.26. The molecule has 0 saturated carbocycles. The van der Waals surface area contributed by atoms with Crippen LogP contribution in [0.1, 0.15) is 5.56 Å². The molecule has 3 aromatic rings. The molecule has 1 amide bonds. The van der Waals surface area contributed by atoms with E-state index in [0.717, 1.165) is 11.3 Å². The molecule has 1 aliphatic rings. The minimum atomic E-state index is 0.0849. The van der Waals surface area contributed by atoms with Crippen LogP contribution in [0.3, 0.4) is 0 Å². The molecule has 0 N–H and O–H groups in total. The average Bonchev–Trinajstić information content (AvgIpc) is 3.36. The monoisotopic (exact) mass is 384 g/mol. The van der Waals surface area contributed by atoms with E-state index in [0.29, 0.717) is 48.8 Å². The number of nitrogens with zero attached hydrogens (tertiary/aromatic N) is 4. The Morgan fingerprint density at radius 3 is 2.78 bits per heavy atom. The number of rotatable bonds is 5. The Bertz CT molecular complexity index is 917. The molecular formula is C19H20N4O3S. The lowest BCUT2D eigenvalue weighted by molar-refractivity contribution is -0.132. The summed E-state index contributed by atoms with van der Waals surface area (Å²) in [6.45, 7) is 4.51. The third kappa shape index (κ3) is 3.91. The van der Waals surface area contributed by atoms with Crippen molar-refractivity contribution in [2.45, 2.75) is 12.1 Å². The molecule has 8 heteroatoms. The van der Waals surface area contributed by atoms with Crippen molar-refractivity contribution >= 4 is 17.7 Å². The van der Waals surface area contributed by atoms with Gasteiger partial charge in [0.2, 0.25) is 11.7 Å². The number of hydrogen-bond donors (Lipinski definition) is 0. The number of thioether (sulfide) groups is 1. The summed E-state index contributed by atoms with van der Waals surface area (Å²) in [7, 11) is 0. The highest BCUT2D eigenvalue weighted by Crippen LogP contribution is 2.28. The number of carbonyl (C=O) groups is 1. The van der Waals surface area contributed by atoms with Gasteiger partial charge in [0.25, 0.3) is 0 Å². The number of aryl methyl sites for hydroxylation is 1. The van der Waals surface area contributed by atoms with E-state index in [9.17, 15) is 4.79 Å². The molecule has 7 nitrogen and oxygen atoms in total. The molecule has 2 aromatic heterocycles. The third-order valence-electron chi connectivity index (χ3n) is 4.32. The van der Waals surface area contributed by atoms with E-state index in [1.165, 1.54) is 11.8 Å². The van der Waals surface area contributed by atoms with Crippen LogP contribution in [0.15, 0.2) is 52.2 Å². The van der Waals surface area contributed by atoms with Crippen molar-refractivity contribution in [3.63, 3.8) is 0 Å². The maximum Gasteiger partial charge on any atom is 0.233 e.